The molecule has 1 nitrogen and oxygen atoms in total. The monoisotopic (exact) mass is 1190 g/mol. The van der Waals surface area contributed by atoms with Crippen molar-refractivity contribution < 1.29 is 0 Å². The van der Waals surface area contributed by atoms with Crippen LogP contribution in [0.5, 0.6) is 0 Å². The van der Waals surface area contributed by atoms with Crippen LogP contribution in [-0.2, 0) is 0 Å². The number of benzene rings is 4. The molecule has 292 valence electrons. The number of pyridine rings is 1. The molecule has 0 saturated carbocycles. The van der Waals surface area contributed by atoms with Gasteiger partial charge in [-0.2, -0.15) is 0 Å². The van der Waals surface area contributed by atoms with Crippen LogP contribution in [0.2, 0.25) is 116 Å². The SMILES string of the molecule is Clc1c(C(c2c(Cl)c(Cl)c(Cl)c(Cl)c2Cl)c2c(Cl)c(Cl)c(Cl)c(Cl)c2Cl)nc(C(c2c(Cl)c(Cl)c(Cl)c(Cl)c2Cl)c2c(Cl)c(Cl)c(Cl)c(Cl)c2Cl)c(Cl)c1Cl. The van der Waals surface area contributed by atoms with Crippen molar-refractivity contribution in [1.29, 1.82) is 0 Å². The van der Waals surface area contributed by atoms with Crippen molar-refractivity contribution in [3.8, 4) is 0 Å². The predicted molar refractivity (Wildman–Crippen MR) is 247 cm³/mol. The van der Waals surface area contributed by atoms with Gasteiger partial charge in [0.05, 0.1) is 139 Å². The molecule has 5 rings (SSSR count). The number of nitrogens with zero attached hydrogens (tertiary/aromatic N) is 1. The fraction of sp³-hybridized carbons (Fsp3) is 0.0645. The smallest absolute Gasteiger partial charge is 0.0833 e. The zero-order chi connectivity index (χ0) is 41.6. The van der Waals surface area contributed by atoms with Crippen LogP contribution in [0.15, 0.2) is 0 Å². The van der Waals surface area contributed by atoms with Gasteiger partial charge in [-0.3, -0.25) is 4.98 Å². The van der Waals surface area contributed by atoms with Gasteiger partial charge in [-0.15, -0.1) is 0 Å². The van der Waals surface area contributed by atoms with Crippen LogP contribution in [-0.4, -0.2) is 4.98 Å². The number of aromatic nitrogens is 1. The molecule has 0 bridgehead atoms. The molecule has 0 aliphatic carbocycles. The lowest BCUT2D eigenvalue weighted by Crippen LogP contribution is -2.16. The van der Waals surface area contributed by atoms with Gasteiger partial charge in [0, 0.05) is 22.3 Å². The summed E-state index contributed by atoms with van der Waals surface area (Å²) in [6, 6.07) is 0. The van der Waals surface area contributed by atoms with Crippen molar-refractivity contribution in [3.63, 3.8) is 0 Å². The van der Waals surface area contributed by atoms with E-state index in [1.54, 1.807) is 0 Å². The van der Waals surface area contributed by atoms with Gasteiger partial charge in [0.25, 0.3) is 0 Å². The summed E-state index contributed by atoms with van der Waals surface area (Å²) >= 11 is 154. The molecule has 24 heteroatoms. The summed E-state index contributed by atoms with van der Waals surface area (Å²) in [7, 11) is 0. The molecular formula is C31H2Cl23N. The van der Waals surface area contributed by atoms with E-state index in [1.807, 2.05) is 0 Å². The van der Waals surface area contributed by atoms with Crippen molar-refractivity contribution >= 4 is 267 Å². The van der Waals surface area contributed by atoms with Gasteiger partial charge in [-0.05, 0) is 0 Å². The van der Waals surface area contributed by atoms with E-state index in [0.717, 1.165) is 0 Å². The largest absolute Gasteiger partial charge is 0.253 e. The molecule has 55 heavy (non-hydrogen) atoms. The molecule has 5 aromatic rings. The lowest BCUT2D eigenvalue weighted by atomic mass is 9.85. The van der Waals surface area contributed by atoms with Crippen molar-refractivity contribution in [3.05, 3.63) is 149 Å². The summed E-state index contributed by atoms with van der Waals surface area (Å²) in [4.78, 5) is 4.90. The average molecular weight is 1200 g/mol. The first-order valence-corrected chi connectivity index (χ1v) is 22.2. The molecule has 1 aromatic heterocycles. The van der Waals surface area contributed by atoms with E-state index in [4.69, 9.17) is 272 Å². The van der Waals surface area contributed by atoms with Crippen LogP contribution < -0.4 is 0 Å². The Morgan fingerprint density at radius 1 is 0.182 bits per heavy atom. The van der Waals surface area contributed by atoms with E-state index in [-0.39, 0.29) is 149 Å². The van der Waals surface area contributed by atoms with Crippen molar-refractivity contribution in [2.45, 2.75) is 11.8 Å². The molecule has 4 aromatic carbocycles. The third-order valence-corrected chi connectivity index (χ3v) is 18.3. The van der Waals surface area contributed by atoms with Crippen molar-refractivity contribution in [2.24, 2.45) is 0 Å². The molecule has 0 aliphatic heterocycles. The third kappa shape index (κ3) is 8.33. The van der Waals surface area contributed by atoms with Crippen LogP contribution >= 0.6 is 267 Å². The molecule has 0 atom stereocenters. The van der Waals surface area contributed by atoms with E-state index in [0.29, 0.717) is 0 Å². The summed E-state index contributed by atoms with van der Waals surface area (Å²) < 4.78 is 0. The summed E-state index contributed by atoms with van der Waals surface area (Å²) in [5, 5.41) is -6.04. The molecular weight excluding hydrogens is 1200 g/mol. The Labute approximate surface area is 427 Å². The molecule has 0 aliphatic rings. The van der Waals surface area contributed by atoms with E-state index >= 15 is 0 Å². The molecule has 0 N–H and O–H groups in total. The standard InChI is InChI=1S/C31H2Cl23N/c32-7-3(8(33)16(41)23(48)15(7)40)1(4-9(34)17(42)24(49)18(43)10(4)35)30-28(53)27(52)29(54)31(55-30)2(5-11(36)19(44)25(50)20(45)12(5)37)6-13(38)21(46)26(51)22(47)14(6)39/h1-2H. The number of rotatable bonds is 6. The van der Waals surface area contributed by atoms with Gasteiger partial charge >= 0.3 is 0 Å². The van der Waals surface area contributed by atoms with Crippen LogP contribution in [0.1, 0.15) is 45.5 Å². The minimum absolute atomic E-state index is 0.126. The van der Waals surface area contributed by atoms with Crippen LogP contribution in [0, 0.1) is 0 Å². The second-order valence-electron chi connectivity index (χ2n) is 10.6. The highest BCUT2D eigenvalue weighted by atomic mass is 35.5. The Kier molecular flexibility index (Phi) is 16.7. The number of hydrogen-bond donors (Lipinski definition) is 0. The number of hydrogen-bond acceptors (Lipinski definition) is 1. The molecule has 0 amide bonds. The van der Waals surface area contributed by atoms with Crippen LogP contribution in [0.4, 0.5) is 0 Å². The predicted octanol–water partition coefficient (Wildman–Crippen LogP) is 22.5. The summed E-state index contributed by atoms with van der Waals surface area (Å²) in [6.45, 7) is 0. The van der Waals surface area contributed by atoms with Crippen LogP contribution in [0.25, 0.3) is 0 Å². The van der Waals surface area contributed by atoms with Gasteiger partial charge in [-0.1, -0.05) is 267 Å². The van der Waals surface area contributed by atoms with Crippen LogP contribution in [0.3, 0.4) is 0 Å². The Balaban J connectivity index is 2.10. The highest BCUT2D eigenvalue weighted by Crippen LogP contribution is 2.59. The van der Waals surface area contributed by atoms with E-state index in [1.165, 1.54) is 0 Å². The van der Waals surface area contributed by atoms with Gasteiger partial charge in [0.15, 0.2) is 0 Å². The molecule has 1 heterocycles. The maximum atomic E-state index is 7.00. The lowest BCUT2D eigenvalue weighted by Gasteiger charge is -2.29. The first-order valence-electron chi connectivity index (χ1n) is 13.5. The first-order chi connectivity index (χ1) is 25.4. The zero-order valence-electron chi connectivity index (χ0n) is 24.8. The van der Waals surface area contributed by atoms with Gasteiger partial charge in [0.1, 0.15) is 0 Å². The topological polar surface area (TPSA) is 12.9 Å². The summed E-state index contributed by atoms with van der Waals surface area (Å²) in [6.07, 6.45) is 0. The Bertz CT molecular complexity index is 2070. The van der Waals surface area contributed by atoms with E-state index in [9.17, 15) is 0 Å². The Morgan fingerprint density at radius 3 is 0.473 bits per heavy atom. The maximum Gasteiger partial charge on any atom is 0.0833 e. The van der Waals surface area contributed by atoms with Gasteiger partial charge in [-0.25, -0.2) is 0 Å². The molecule has 0 fully saturated rings. The summed E-state index contributed by atoms with van der Waals surface area (Å²) in [5.74, 6) is -3.10. The maximum absolute atomic E-state index is 7.00. The Morgan fingerprint density at radius 2 is 0.309 bits per heavy atom. The second kappa shape index (κ2) is 18.8. The van der Waals surface area contributed by atoms with Crippen molar-refractivity contribution in [1.82, 2.24) is 4.98 Å². The van der Waals surface area contributed by atoms with Gasteiger partial charge in [0.2, 0.25) is 0 Å². The van der Waals surface area contributed by atoms with Gasteiger partial charge < -0.3 is 0 Å². The van der Waals surface area contributed by atoms with E-state index in [2.05, 4.69) is 0 Å². The quantitative estimate of drug-likeness (QED) is 0.122. The van der Waals surface area contributed by atoms with E-state index < -0.39 is 11.8 Å². The second-order valence-corrected chi connectivity index (χ2v) is 19.3. The summed E-state index contributed by atoms with van der Waals surface area (Å²) in [5.41, 5.74) is -1.02. The highest BCUT2D eigenvalue weighted by molar-refractivity contribution is 6.59. The first kappa shape index (κ1) is 48.7. The normalized spacial score (nSPS) is 11.9. The number of halogens is 23. The molecule has 0 radical (unpaired) electrons. The fourth-order valence-electron chi connectivity index (χ4n) is 5.27. The molecule has 0 saturated heterocycles. The molecule has 0 unspecified atom stereocenters. The zero-order valence-corrected chi connectivity index (χ0v) is 42.2. The Hall–Kier alpha value is 2.70. The van der Waals surface area contributed by atoms with Crippen molar-refractivity contribution in [2.75, 3.05) is 0 Å². The highest BCUT2D eigenvalue weighted by Gasteiger charge is 2.40. The minimum Gasteiger partial charge on any atom is -0.253 e. The lowest BCUT2D eigenvalue weighted by molar-refractivity contribution is 0.854. The average Bonchev–Trinajstić information content (AvgIpc) is 3.16. The fourth-order valence-corrected chi connectivity index (χ4v) is 11.5. The third-order valence-electron chi connectivity index (χ3n) is 7.75. The minimum atomic E-state index is -1.55. The molecule has 0 spiro atoms.